The van der Waals surface area contributed by atoms with Crippen molar-refractivity contribution in [3.05, 3.63) is 78.6 Å². The molecule has 29 heavy (non-hydrogen) atoms. The highest BCUT2D eigenvalue weighted by Crippen LogP contribution is 2.27. The van der Waals surface area contributed by atoms with Gasteiger partial charge in [-0.2, -0.15) is 5.10 Å². The Morgan fingerprint density at radius 1 is 0.966 bits per heavy atom. The second kappa shape index (κ2) is 6.87. The molecule has 0 fully saturated rings. The predicted molar refractivity (Wildman–Crippen MR) is 111 cm³/mol. The normalized spacial score (nSPS) is 11.1. The third-order valence-corrected chi connectivity index (χ3v) is 4.73. The first-order chi connectivity index (χ1) is 14.2. The lowest BCUT2D eigenvalue weighted by Gasteiger charge is -2.09. The second-order valence-electron chi connectivity index (χ2n) is 6.83. The zero-order valence-corrected chi connectivity index (χ0v) is 15.6. The van der Waals surface area contributed by atoms with Gasteiger partial charge in [0.1, 0.15) is 11.6 Å². The van der Waals surface area contributed by atoms with Crippen molar-refractivity contribution in [3.8, 4) is 22.5 Å². The highest BCUT2D eigenvalue weighted by molar-refractivity contribution is 5.84. The van der Waals surface area contributed by atoms with E-state index in [0.29, 0.717) is 17.3 Å². The van der Waals surface area contributed by atoms with E-state index in [2.05, 4.69) is 36.5 Å². The van der Waals surface area contributed by atoms with Gasteiger partial charge in [0.05, 0.1) is 11.9 Å². The zero-order chi connectivity index (χ0) is 19.8. The van der Waals surface area contributed by atoms with Crippen molar-refractivity contribution in [2.75, 3.05) is 5.32 Å². The van der Waals surface area contributed by atoms with Gasteiger partial charge in [-0.05, 0) is 48.2 Å². The van der Waals surface area contributed by atoms with Crippen molar-refractivity contribution in [1.29, 1.82) is 0 Å². The molecule has 0 bridgehead atoms. The summed E-state index contributed by atoms with van der Waals surface area (Å²) in [6, 6.07) is 14.8. The molecule has 0 aliphatic heterocycles. The summed E-state index contributed by atoms with van der Waals surface area (Å²) < 4.78 is 14.6. The molecule has 3 aromatic heterocycles. The van der Waals surface area contributed by atoms with Crippen LogP contribution in [-0.2, 0) is 0 Å². The van der Waals surface area contributed by atoms with Crippen LogP contribution >= 0.6 is 0 Å². The number of nitrogens with zero attached hydrogens (tertiary/aromatic N) is 3. The number of hydrogen-bond acceptors (Lipinski definition) is 4. The van der Waals surface area contributed by atoms with Gasteiger partial charge in [-0.1, -0.05) is 18.2 Å². The summed E-state index contributed by atoms with van der Waals surface area (Å²) in [6.45, 7) is 2.02. The molecule has 0 aliphatic rings. The summed E-state index contributed by atoms with van der Waals surface area (Å²) in [4.78, 5) is 12.2. The summed E-state index contributed by atoms with van der Waals surface area (Å²) in [5, 5.41) is 10.8. The number of halogens is 1. The lowest BCUT2D eigenvalue weighted by atomic mass is 10.1. The molecule has 7 heteroatoms. The maximum Gasteiger partial charge on any atom is 0.161 e. The van der Waals surface area contributed by atoms with Crippen molar-refractivity contribution in [2.45, 2.75) is 6.92 Å². The third-order valence-electron chi connectivity index (χ3n) is 4.73. The highest BCUT2D eigenvalue weighted by Gasteiger charge is 2.09. The van der Waals surface area contributed by atoms with Gasteiger partial charge in [-0.3, -0.25) is 5.10 Å². The largest absolute Gasteiger partial charge is 0.359 e. The number of hydrogen-bond donors (Lipinski definition) is 3. The van der Waals surface area contributed by atoms with Gasteiger partial charge in [0.25, 0.3) is 0 Å². The van der Waals surface area contributed by atoms with Crippen LogP contribution in [0.4, 0.5) is 15.9 Å². The van der Waals surface area contributed by atoms with Crippen LogP contribution in [0.25, 0.3) is 33.4 Å². The average molecular weight is 384 g/mol. The zero-order valence-electron chi connectivity index (χ0n) is 15.6. The first-order valence-corrected chi connectivity index (χ1v) is 9.14. The number of aryl methyl sites for hydroxylation is 1. The fraction of sp³-hybridized carbons (Fsp3) is 0.0455. The Morgan fingerprint density at radius 3 is 2.69 bits per heavy atom. The van der Waals surface area contributed by atoms with Gasteiger partial charge in [0.2, 0.25) is 0 Å². The molecule has 0 radical (unpaired) electrons. The van der Waals surface area contributed by atoms with E-state index in [0.717, 1.165) is 33.3 Å². The Morgan fingerprint density at radius 2 is 1.86 bits per heavy atom. The maximum atomic E-state index is 14.6. The quantitative estimate of drug-likeness (QED) is 0.397. The summed E-state index contributed by atoms with van der Waals surface area (Å²) in [6.07, 6.45) is 5.04. The number of rotatable bonds is 4. The molecule has 142 valence electrons. The summed E-state index contributed by atoms with van der Waals surface area (Å²) in [7, 11) is 0. The molecule has 0 saturated heterocycles. The molecule has 5 rings (SSSR count). The van der Waals surface area contributed by atoms with Crippen LogP contribution in [0.15, 0.2) is 67.1 Å². The van der Waals surface area contributed by atoms with Crippen LogP contribution in [-0.4, -0.2) is 25.1 Å². The van der Waals surface area contributed by atoms with Gasteiger partial charge in [-0.15, -0.1) is 0 Å². The molecule has 0 spiro atoms. The van der Waals surface area contributed by atoms with Crippen molar-refractivity contribution < 1.29 is 4.39 Å². The number of aromatic amines is 2. The van der Waals surface area contributed by atoms with Gasteiger partial charge < -0.3 is 10.3 Å². The minimum absolute atomic E-state index is 0.345. The lowest BCUT2D eigenvalue weighted by Crippen LogP contribution is -1.99. The molecule has 3 N–H and O–H groups in total. The Balaban J connectivity index is 1.43. The van der Waals surface area contributed by atoms with Crippen molar-refractivity contribution in [2.24, 2.45) is 0 Å². The number of nitrogens with one attached hydrogen (secondary N) is 3. The van der Waals surface area contributed by atoms with E-state index in [1.165, 1.54) is 6.07 Å². The first kappa shape index (κ1) is 17.1. The van der Waals surface area contributed by atoms with E-state index in [1.54, 1.807) is 30.7 Å². The Hall–Kier alpha value is -4.00. The first-order valence-electron chi connectivity index (χ1n) is 9.14. The van der Waals surface area contributed by atoms with E-state index < -0.39 is 0 Å². The van der Waals surface area contributed by atoms with Gasteiger partial charge in [-0.25, -0.2) is 14.4 Å². The monoisotopic (exact) mass is 384 g/mol. The Kier molecular flexibility index (Phi) is 4.05. The average Bonchev–Trinajstić information content (AvgIpc) is 3.38. The minimum Gasteiger partial charge on any atom is -0.359 e. The van der Waals surface area contributed by atoms with E-state index >= 15 is 0 Å². The lowest BCUT2D eigenvalue weighted by molar-refractivity contribution is 0.632. The van der Waals surface area contributed by atoms with Crippen LogP contribution in [0.1, 0.15) is 5.69 Å². The molecular weight excluding hydrogens is 367 g/mol. The van der Waals surface area contributed by atoms with Crippen LogP contribution < -0.4 is 5.32 Å². The van der Waals surface area contributed by atoms with Crippen molar-refractivity contribution >= 4 is 22.4 Å². The molecule has 0 amide bonds. The van der Waals surface area contributed by atoms with Gasteiger partial charge in [0.15, 0.2) is 5.82 Å². The van der Waals surface area contributed by atoms with Gasteiger partial charge in [0, 0.05) is 34.7 Å². The van der Waals surface area contributed by atoms with Crippen molar-refractivity contribution in [3.63, 3.8) is 0 Å². The minimum atomic E-state index is -0.368. The molecule has 3 heterocycles. The standard InChI is InChI=1S/C22H17FN6/c1-13-8-15-2-3-16(10-20(15)27-13)22-24-7-6-21(29-22)28-19-5-4-14(9-18(19)23)17-11-25-26-12-17/h2-12,27H,1H3,(H,25,26)(H,24,28,29). The summed E-state index contributed by atoms with van der Waals surface area (Å²) >= 11 is 0. The predicted octanol–water partition coefficient (Wildman–Crippen LogP) is 5.21. The number of benzene rings is 2. The van der Waals surface area contributed by atoms with E-state index in [-0.39, 0.29) is 5.82 Å². The number of H-pyrrole nitrogens is 2. The summed E-state index contributed by atoms with van der Waals surface area (Å²) in [5.41, 5.74) is 4.94. The fourth-order valence-electron chi connectivity index (χ4n) is 3.32. The Labute approximate surface area is 165 Å². The molecular formula is C22H17FN6. The number of fused-ring (bicyclic) bond motifs is 1. The van der Waals surface area contributed by atoms with Gasteiger partial charge >= 0.3 is 0 Å². The van der Waals surface area contributed by atoms with Crippen LogP contribution in [0, 0.1) is 12.7 Å². The molecule has 6 nitrogen and oxygen atoms in total. The van der Waals surface area contributed by atoms with E-state index in [9.17, 15) is 4.39 Å². The Bertz CT molecular complexity index is 1310. The fourth-order valence-corrected chi connectivity index (χ4v) is 3.32. The van der Waals surface area contributed by atoms with E-state index in [4.69, 9.17) is 0 Å². The summed E-state index contributed by atoms with van der Waals surface area (Å²) in [5.74, 6) is 0.722. The molecule has 0 unspecified atom stereocenters. The SMILES string of the molecule is Cc1cc2ccc(-c3nccc(Nc4ccc(-c5cn[nH]c5)cc4F)n3)cc2[nH]1. The molecule has 0 atom stereocenters. The van der Waals surface area contributed by atoms with E-state index in [1.807, 2.05) is 31.2 Å². The highest BCUT2D eigenvalue weighted by atomic mass is 19.1. The second-order valence-corrected chi connectivity index (χ2v) is 6.83. The van der Waals surface area contributed by atoms with Crippen molar-refractivity contribution in [1.82, 2.24) is 25.1 Å². The molecule has 2 aromatic carbocycles. The number of anilines is 2. The topological polar surface area (TPSA) is 82.3 Å². The number of aromatic nitrogens is 5. The smallest absolute Gasteiger partial charge is 0.161 e. The molecule has 5 aromatic rings. The maximum absolute atomic E-state index is 14.6. The molecule has 0 saturated carbocycles. The molecule has 0 aliphatic carbocycles. The van der Waals surface area contributed by atoms with Crippen LogP contribution in [0.5, 0.6) is 0 Å². The third kappa shape index (κ3) is 3.34. The van der Waals surface area contributed by atoms with Crippen LogP contribution in [0.3, 0.4) is 0 Å². The van der Waals surface area contributed by atoms with Crippen LogP contribution in [0.2, 0.25) is 0 Å².